The molecule has 0 saturated carbocycles. The fourth-order valence-corrected chi connectivity index (χ4v) is 10.3. The number of quaternary nitrogens is 1. The number of allylic oxidation sites excluding steroid dienone is 32. The fourth-order valence-electron chi connectivity index (χ4n) is 9.52. The molecule has 0 spiro atoms. The van der Waals surface area contributed by atoms with Gasteiger partial charge in [0, 0.05) is 12.8 Å². The Kier molecular flexibility index (Phi) is 68.2. The van der Waals surface area contributed by atoms with Crippen LogP contribution in [0.5, 0.6) is 0 Å². The Hall–Kier alpha value is -5.15. The minimum Gasteiger partial charge on any atom is -0.462 e. The van der Waals surface area contributed by atoms with E-state index in [1.54, 1.807) is 0 Å². The Balaban J connectivity index is 4.17. The Bertz CT molecular complexity index is 2290. The minimum atomic E-state index is -4.42. The van der Waals surface area contributed by atoms with E-state index in [9.17, 15) is 19.0 Å². The molecule has 0 heterocycles. The summed E-state index contributed by atoms with van der Waals surface area (Å²) in [7, 11) is 1.43. The molecule has 94 heavy (non-hydrogen) atoms. The number of hydrogen-bond acceptors (Lipinski definition) is 7. The maximum atomic E-state index is 12.9. The zero-order valence-electron chi connectivity index (χ0n) is 60.4. The Morgan fingerprint density at radius 3 is 0.872 bits per heavy atom. The van der Waals surface area contributed by atoms with Crippen LogP contribution in [-0.2, 0) is 32.7 Å². The van der Waals surface area contributed by atoms with Gasteiger partial charge in [0.15, 0.2) is 6.10 Å². The molecule has 0 amide bonds. The minimum absolute atomic E-state index is 0.0138. The van der Waals surface area contributed by atoms with Gasteiger partial charge in [0.05, 0.1) is 27.7 Å². The van der Waals surface area contributed by atoms with Gasteiger partial charge in [-0.2, -0.15) is 0 Å². The number of unbranched alkanes of at least 4 members (excludes halogenated alkanes) is 20. The van der Waals surface area contributed by atoms with Crippen LogP contribution in [0.25, 0.3) is 0 Å². The lowest BCUT2D eigenvalue weighted by Crippen LogP contribution is -2.37. The second-order valence-electron chi connectivity index (χ2n) is 25.2. The number of carbonyl (C=O) groups is 2. The highest BCUT2D eigenvalue weighted by Gasteiger charge is 2.27. The summed E-state index contributed by atoms with van der Waals surface area (Å²) in [5.41, 5.74) is 0. The van der Waals surface area contributed by atoms with Gasteiger partial charge in [-0.3, -0.25) is 18.6 Å². The number of phosphoric acid groups is 1. The number of carbonyl (C=O) groups excluding carboxylic acids is 2. The third kappa shape index (κ3) is 75.9. The molecule has 0 aliphatic rings. The molecule has 530 valence electrons. The van der Waals surface area contributed by atoms with E-state index in [1.807, 2.05) is 21.1 Å². The Morgan fingerprint density at radius 2 is 0.574 bits per heavy atom. The average Bonchev–Trinajstić information content (AvgIpc) is 1.56. The van der Waals surface area contributed by atoms with Crippen LogP contribution >= 0.6 is 7.82 Å². The van der Waals surface area contributed by atoms with E-state index in [0.29, 0.717) is 17.4 Å². The lowest BCUT2D eigenvalue weighted by atomic mass is 10.0. The van der Waals surface area contributed by atoms with Gasteiger partial charge in [0.25, 0.3) is 0 Å². The van der Waals surface area contributed by atoms with Crippen LogP contribution < -0.4 is 0 Å². The summed E-state index contributed by atoms with van der Waals surface area (Å²) >= 11 is 0. The summed E-state index contributed by atoms with van der Waals surface area (Å²) in [5.74, 6) is -0.856. The SMILES string of the molecule is CC/C=C\C/C=C\C/C=C\C/C=C\C/C=C\C/C=C\C/C=C\C/C=C\C/C=C\C/C=C\C/C=C\C/C=C\CCCCC(=O)OC(COC(=O)CCCCCCCCCCCCCCCCCCCC/C=C\C/C=C\C/C=C\C/C=C\CC)COP(=O)(O)OCC[N+](C)(C)C. The molecule has 2 atom stereocenters. The van der Waals surface area contributed by atoms with Crippen molar-refractivity contribution in [3.63, 3.8) is 0 Å². The summed E-state index contributed by atoms with van der Waals surface area (Å²) in [5, 5.41) is 0. The van der Waals surface area contributed by atoms with Gasteiger partial charge in [-0.25, -0.2) is 4.57 Å². The van der Waals surface area contributed by atoms with E-state index in [2.05, 4.69) is 208 Å². The molecule has 0 aromatic carbocycles. The molecule has 0 rings (SSSR count). The first-order valence-corrected chi connectivity index (χ1v) is 38.7. The highest BCUT2D eigenvalue weighted by Crippen LogP contribution is 2.43. The zero-order valence-corrected chi connectivity index (χ0v) is 61.3. The number of esters is 2. The first-order valence-electron chi connectivity index (χ1n) is 37.2. The third-order valence-electron chi connectivity index (χ3n) is 15.1. The molecule has 0 radical (unpaired) electrons. The van der Waals surface area contributed by atoms with Gasteiger partial charge in [0.2, 0.25) is 0 Å². The van der Waals surface area contributed by atoms with Crippen molar-refractivity contribution in [1.29, 1.82) is 0 Å². The summed E-state index contributed by atoms with van der Waals surface area (Å²) in [6, 6.07) is 0. The van der Waals surface area contributed by atoms with Crippen molar-refractivity contribution in [3.05, 3.63) is 194 Å². The monoisotopic (exact) mass is 1320 g/mol. The second-order valence-corrected chi connectivity index (χ2v) is 26.7. The van der Waals surface area contributed by atoms with Crippen molar-refractivity contribution in [2.75, 3.05) is 47.5 Å². The number of ether oxygens (including phenoxy) is 2. The smallest absolute Gasteiger partial charge is 0.462 e. The van der Waals surface area contributed by atoms with Crippen molar-refractivity contribution < 1.29 is 42.1 Å². The van der Waals surface area contributed by atoms with E-state index in [4.69, 9.17) is 18.5 Å². The molecule has 10 heteroatoms. The van der Waals surface area contributed by atoms with Crippen LogP contribution in [0.1, 0.15) is 271 Å². The van der Waals surface area contributed by atoms with Crippen molar-refractivity contribution in [2.45, 2.75) is 277 Å². The second kappa shape index (κ2) is 72.1. The molecule has 0 fully saturated rings. The van der Waals surface area contributed by atoms with Gasteiger partial charge in [-0.15, -0.1) is 0 Å². The molecule has 0 aromatic heterocycles. The van der Waals surface area contributed by atoms with Crippen molar-refractivity contribution in [2.24, 2.45) is 0 Å². The molecule has 0 aliphatic carbocycles. The number of phosphoric ester groups is 1. The maximum absolute atomic E-state index is 12.9. The highest BCUT2D eigenvalue weighted by atomic mass is 31.2. The topological polar surface area (TPSA) is 108 Å². The molecular weight excluding hydrogens is 1180 g/mol. The molecule has 9 nitrogen and oxygen atoms in total. The lowest BCUT2D eigenvalue weighted by molar-refractivity contribution is -0.870. The fraction of sp³-hybridized carbons (Fsp3) is 0.595. The van der Waals surface area contributed by atoms with Crippen molar-refractivity contribution in [1.82, 2.24) is 0 Å². The number of nitrogens with zero attached hydrogens (tertiary/aromatic N) is 1. The summed E-state index contributed by atoms with van der Waals surface area (Å²) in [6.07, 6.45) is 113. The predicted octanol–water partition coefficient (Wildman–Crippen LogP) is 24.8. The predicted molar refractivity (Wildman–Crippen MR) is 408 cm³/mol. The zero-order chi connectivity index (χ0) is 68.3. The standard InChI is InChI=1S/C84H136NO8P/c1-6-8-10-12-14-16-18-20-22-24-26-28-30-32-34-36-38-39-40-41-42-43-44-45-47-49-51-53-55-57-59-61-63-65-67-69-71-73-75-77-84(87)93-82(81-92-94(88,89)91-79-78-85(3,4)5)80-90-83(86)76-74-72-70-68-66-64-62-60-58-56-54-52-50-48-46-37-35-33-31-29-27-25-23-21-19-17-15-13-11-9-7-2/h8-11,14-17,20-23,26-29,32,34,38-39,41-42,44-45,49,51,55,57,61,63,67,69,82H,6-7,12-13,18-19,24-25,30-31,33,35-37,40,43,46-48,50,52-54,56,58-60,62,64-66,68,70-81H2,1-5H3/p+1/b10-8-,11-9-,16-14-,17-15-,22-20-,23-21-,28-26-,29-27-,34-32-,39-38-,42-41-,45-44-,51-49-,57-55-,63-61-,69-67-. The molecular formula is C84H137NO8P+. The summed E-state index contributed by atoms with van der Waals surface area (Å²) < 4.78 is 34.7. The number of rotatable bonds is 66. The Morgan fingerprint density at radius 1 is 0.330 bits per heavy atom. The third-order valence-corrected chi connectivity index (χ3v) is 16.1. The van der Waals surface area contributed by atoms with Crippen LogP contribution in [0.15, 0.2) is 194 Å². The highest BCUT2D eigenvalue weighted by molar-refractivity contribution is 7.47. The van der Waals surface area contributed by atoms with E-state index >= 15 is 0 Å². The Labute approximate surface area is 577 Å². The lowest BCUT2D eigenvalue weighted by Gasteiger charge is -2.24. The van der Waals surface area contributed by atoms with Gasteiger partial charge >= 0.3 is 19.8 Å². The van der Waals surface area contributed by atoms with E-state index in [-0.39, 0.29) is 32.0 Å². The summed E-state index contributed by atoms with van der Waals surface area (Å²) in [4.78, 5) is 35.9. The van der Waals surface area contributed by atoms with Gasteiger partial charge < -0.3 is 18.9 Å². The van der Waals surface area contributed by atoms with Crippen LogP contribution in [0, 0.1) is 0 Å². The van der Waals surface area contributed by atoms with Crippen LogP contribution in [0.3, 0.4) is 0 Å². The number of hydrogen-bond donors (Lipinski definition) is 1. The van der Waals surface area contributed by atoms with Crippen LogP contribution in [-0.4, -0.2) is 74.9 Å². The maximum Gasteiger partial charge on any atom is 0.472 e. The van der Waals surface area contributed by atoms with Gasteiger partial charge in [-0.05, 0) is 141 Å². The molecule has 0 saturated heterocycles. The first kappa shape index (κ1) is 88.8. The van der Waals surface area contributed by atoms with E-state index in [1.165, 1.54) is 103 Å². The van der Waals surface area contributed by atoms with Gasteiger partial charge in [0.1, 0.15) is 19.8 Å². The van der Waals surface area contributed by atoms with Crippen molar-refractivity contribution >= 4 is 19.8 Å². The molecule has 1 N–H and O–H groups in total. The largest absolute Gasteiger partial charge is 0.472 e. The average molecular weight is 1320 g/mol. The van der Waals surface area contributed by atoms with Crippen LogP contribution in [0.2, 0.25) is 0 Å². The quantitative estimate of drug-likeness (QED) is 0.0211. The number of likely N-dealkylation sites (N-methyl/N-ethyl adjacent to an activating group) is 1. The van der Waals surface area contributed by atoms with Crippen molar-refractivity contribution in [3.8, 4) is 0 Å². The van der Waals surface area contributed by atoms with Gasteiger partial charge in [-0.1, -0.05) is 311 Å². The first-order chi connectivity index (χ1) is 46.0. The van der Waals surface area contributed by atoms with E-state index < -0.39 is 26.5 Å². The van der Waals surface area contributed by atoms with Crippen LogP contribution in [0.4, 0.5) is 0 Å². The normalized spacial score (nSPS) is 14.2. The molecule has 0 aliphatic heterocycles. The summed E-state index contributed by atoms with van der Waals surface area (Å²) in [6.45, 7) is 4.15. The molecule has 2 unspecified atom stereocenters. The molecule has 0 bridgehead atoms. The van der Waals surface area contributed by atoms with E-state index in [0.717, 1.165) is 135 Å². The molecule has 0 aromatic rings.